The maximum absolute atomic E-state index is 13.9. The molecular weight excluding hydrogens is 269 g/mol. The minimum Gasteiger partial charge on any atom is -0.497 e. The third-order valence-corrected chi connectivity index (χ3v) is 3.56. The van der Waals surface area contributed by atoms with Crippen molar-refractivity contribution in [3.63, 3.8) is 0 Å². The van der Waals surface area contributed by atoms with Crippen molar-refractivity contribution in [1.29, 1.82) is 0 Å². The van der Waals surface area contributed by atoms with Crippen molar-refractivity contribution < 1.29 is 9.13 Å². The highest BCUT2D eigenvalue weighted by atomic mass is 19.1. The van der Waals surface area contributed by atoms with Crippen molar-refractivity contribution in [2.75, 3.05) is 20.7 Å². The van der Waals surface area contributed by atoms with Gasteiger partial charge in [-0.05, 0) is 26.1 Å². The molecule has 0 radical (unpaired) electrons. The van der Waals surface area contributed by atoms with E-state index in [1.807, 2.05) is 31.1 Å². The monoisotopic (exact) mass is 291 g/mol. The second-order valence-corrected chi connectivity index (χ2v) is 5.25. The molecule has 1 aromatic heterocycles. The Balaban J connectivity index is 1.81. The summed E-state index contributed by atoms with van der Waals surface area (Å²) in [6.45, 7) is 1.49. The third kappa shape index (κ3) is 4.29. The quantitative estimate of drug-likeness (QED) is 0.785. The Morgan fingerprint density at radius 1 is 1.38 bits per heavy atom. The molecule has 0 spiro atoms. The van der Waals surface area contributed by atoms with Crippen molar-refractivity contribution >= 4 is 0 Å². The number of hydrogen-bond donors (Lipinski definition) is 0. The minimum atomic E-state index is -0.217. The number of halogens is 1. The molecule has 5 heteroatoms. The van der Waals surface area contributed by atoms with E-state index in [-0.39, 0.29) is 5.82 Å². The summed E-state index contributed by atoms with van der Waals surface area (Å²) in [7, 11) is 5.54. The van der Waals surface area contributed by atoms with E-state index < -0.39 is 0 Å². The van der Waals surface area contributed by atoms with Crippen molar-refractivity contribution in [2.45, 2.75) is 19.4 Å². The molecule has 0 atom stereocenters. The van der Waals surface area contributed by atoms with Crippen LogP contribution < -0.4 is 4.74 Å². The van der Waals surface area contributed by atoms with Crippen molar-refractivity contribution in [3.8, 4) is 5.75 Å². The summed E-state index contributed by atoms with van der Waals surface area (Å²) in [5, 5.41) is 0. The minimum absolute atomic E-state index is 0.217. The van der Waals surface area contributed by atoms with E-state index in [2.05, 4.69) is 9.88 Å². The number of nitrogens with zero attached hydrogens (tertiary/aromatic N) is 3. The van der Waals surface area contributed by atoms with Crippen molar-refractivity contribution in [1.82, 2.24) is 14.5 Å². The van der Waals surface area contributed by atoms with Crippen molar-refractivity contribution in [2.24, 2.45) is 7.05 Å². The summed E-state index contributed by atoms with van der Waals surface area (Å²) in [5.41, 5.74) is 0.690. The molecule has 2 aromatic rings. The largest absolute Gasteiger partial charge is 0.497 e. The summed E-state index contributed by atoms with van der Waals surface area (Å²) in [5.74, 6) is 1.41. The van der Waals surface area contributed by atoms with E-state index in [1.165, 1.54) is 13.2 Å². The van der Waals surface area contributed by atoms with E-state index in [1.54, 1.807) is 12.1 Å². The van der Waals surface area contributed by atoms with E-state index in [9.17, 15) is 4.39 Å². The number of rotatable bonds is 7. The normalized spacial score (nSPS) is 11.1. The predicted molar refractivity (Wildman–Crippen MR) is 80.8 cm³/mol. The smallest absolute Gasteiger partial charge is 0.131 e. The molecular formula is C16H22FN3O. The van der Waals surface area contributed by atoms with E-state index in [4.69, 9.17) is 4.74 Å². The molecule has 4 nitrogen and oxygen atoms in total. The van der Waals surface area contributed by atoms with Gasteiger partial charge in [0, 0.05) is 44.0 Å². The second-order valence-electron chi connectivity index (χ2n) is 5.25. The van der Waals surface area contributed by atoms with E-state index in [0.29, 0.717) is 17.9 Å². The molecule has 0 aliphatic heterocycles. The Bertz CT molecular complexity index is 583. The second kappa shape index (κ2) is 7.22. The van der Waals surface area contributed by atoms with Gasteiger partial charge in [0.25, 0.3) is 0 Å². The SMILES string of the molecule is COc1ccc(CN(C)CCCc2nccn2C)c(F)c1. The summed E-state index contributed by atoms with van der Waals surface area (Å²) < 4.78 is 20.9. The zero-order valence-corrected chi connectivity index (χ0v) is 12.8. The molecule has 0 amide bonds. The number of imidazole rings is 1. The van der Waals surface area contributed by atoms with Crippen LogP contribution >= 0.6 is 0 Å². The number of methoxy groups -OCH3 is 1. The third-order valence-electron chi connectivity index (χ3n) is 3.56. The summed E-state index contributed by atoms with van der Waals surface area (Å²) in [6, 6.07) is 5.00. The molecule has 114 valence electrons. The average molecular weight is 291 g/mol. The Morgan fingerprint density at radius 2 is 2.19 bits per heavy atom. The Hall–Kier alpha value is -1.88. The molecule has 0 unspecified atom stereocenters. The fourth-order valence-electron chi connectivity index (χ4n) is 2.30. The Morgan fingerprint density at radius 3 is 2.81 bits per heavy atom. The van der Waals surface area contributed by atoms with Gasteiger partial charge in [0.2, 0.25) is 0 Å². The molecule has 0 saturated heterocycles. The Kier molecular flexibility index (Phi) is 5.33. The van der Waals surface area contributed by atoms with Gasteiger partial charge in [-0.3, -0.25) is 0 Å². The van der Waals surface area contributed by atoms with Gasteiger partial charge in [0.05, 0.1) is 7.11 Å². The molecule has 0 N–H and O–H groups in total. The molecule has 21 heavy (non-hydrogen) atoms. The zero-order valence-electron chi connectivity index (χ0n) is 12.8. The van der Waals surface area contributed by atoms with Crippen LogP contribution in [-0.2, 0) is 20.0 Å². The highest BCUT2D eigenvalue weighted by Crippen LogP contribution is 2.17. The van der Waals surface area contributed by atoms with Crippen LogP contribution in [0.3, 0.4) is 0 Å². The van der Waals surface area contributed by atoms with Crippen LogP contribution in [0.1, 0.15) is 17.8 Å². The fraction of sp³-hybridized carbons (Fsp3) is 0.438. The topological polar surface area (TPSA) is 30.3 Å². The van der Waals surface area contributed by atoms with Gasteiger partial charge in [-0.2, -0.15) is 0 Å². The lowest BCUT2D eigenvalue weighted by molar-refractivity contribution is 0.315. The van der Waals surface area contributed by atoms with Crippen LogP contribution in [-0.4, -0.2) is 35.2 Å². The van der Waals surface area contributed by atoms with Crippen molar-refractivity contribution in [3.05, 3.63) is 47.8 Å². The first-order chi connectivity index (χ1) is 10.1. The predicted octanol–water partition coefficient (Wildman–Crippen LogP) is 2.63. The van der Waals surface area contributed by atoms with Gasteiger partial charge in [0.1, 0.15) is 17.4 Å². The fourth-order valence-corrected chi connectivity index (χ4v) is 2.30. The van der Waals surface area contributed by atoms with Crippen LogP contribution in [0.5, 0.6) is 5.75 Å². The Labute approximate surface area is 125 Å². The first-order valence-corrected chi connectivity index (χ1v) is 7.07. The highest BCUT2D eigenvalue weighted by Gasteiger charge is 2.08. The number of ether oxygens (including phenoxy) is 1. The summed E-state index contributed by atoms with van der Waals surface area (Å²) in [6.07, 6.45) is 5.69. The first kappa shape index (κ1) is 15.5. The average Bonchev–Trinajstić information content (AvgIpc) is 2.87. The standard InChI is InChI=1S/C16H22FN3O/c1-19(9-4-5-16-18-8-10-20(16)2)12-13-6-7-14(21-3)11-15(13)17/h6-8,10-11H,4-5,9,12H2,1-3H3. The van der Waals surface area contributed by atoms with Crippen LogP contribution in [0.2, 0.25) is 0 Å². The lowest BCUT2D eigenvalue weighted by atomic mass is 10.2. The van der Waals surface area contributed by atoms with Crippen LogP contribution in [0.4, 0.5) is 4.39 Å². The first-order valence-electron chi connectivity index (χ1n) is 7.07. The molecule has 0 aliphatic rings. The van der Waals surface area contributed by atoms with Crippen LogP contribution in [0, 0.1) is 5.82 Å². The molecule has 1 heterocycles. The van der Waals surface area contributed by atoms with Crippen LogP contribution in [0.25, 0.3) is 0 Å². The number of benzene rings is 1. The maximum atomic E-state index is 13.9. The highest BCUT2D eigenvalue weighted by molar-refractivity contribution is 5.28. The molecule has 0 fully saturated rings. The van der Waals surface area contributed by atoms with Gasteiger partial charge in [-0.1, -0.05) is 6.07 Å². The molecule has 2 rings (SSSR count). The van der Waals surface area contributed by atoms with Gasteiger partial charge in [-0.25, -0.2) is 9.37 Å². The van der Waals surface area contributed by atoms with Crippen LogP contribution in [0.15, 0.2) is 30.6 Å². The number of hydrogen-bond acceptors (Lipinski definition) is 3. The maximum Gasteiger partial charge on any atom is 0.131 e. The van der Waals surface area contributed by atoms with E-state index >= 15 is 0 Å². The van der Waals surface area contributed by atoms with Gasteiger partial charge in [-0.15, -0.1) is 0 Å². The summed E-state index contributed by atoms with van der Waals surface area (Å²) in [4.78, 5) is 6.42. The number of aromatic nitrogens is 2. The van der Waals surface area contributed by atoms with Gasteiger partial charge < -0.3 is 14.2 Å². The zero-order chi connectivity index (χ0) is 15.2. The van der Waals surface area contributed by atoms with Gasteiger partial charge in [0.15, 0.2) is 0 Å². The van der Waals surface area contributed by atoms with E-state index in [0.717, 1.165) is 25.2 Å². The number of aryl methyl sites for hydroxylation is 2. The van der Waals surface area contributed by atoms with Gasteiger partial charge >= 0.3 is 0 Å². The molecule has 0 aliphatic carbocycles. The lowest BCUT2D eigenvalue weighted by Crippen LogP contribution is -2.20. The molecule has 0 bridgehead atoms. The summed E-state index contributed by atoms with van der Waals surface area (Å²) >= 11 is 0. The molecule has 0 saturated carbocycles. The molecule has 1 aromatic carbocycles. The lowest BCUT2D eigenvalue weighted by Gasteiger charge is -2.17.